The summed E-state index contributed by atoms with van der Waals surface area (Å²) in [5, 5.41) is 16.7. The molecule has 1 aliphatic carbocycles. The Bertz CT molecular complexity index is 629. The molecule has 29 heavy (non-hydrogen) atoms. The summed E-state index contributed by atoms with van der Waals surface area (Å²) in [6.07, 6.45) is 6.09. The third-order valence-corrected chi connectivity index (χ3v) is 5.88. The van der Waals surface area contributed by atoms with Crippen LogP contribution in [0.3, 0.4) is 0 Å². The highest BCUT2D eigenvalue weighted by atomic mass is 127. The molecule has 0 amide bonds. The van der Waals surface area contributed by atoms with Gasteiger partial charge in [0.05, 0.1) is 25.8 Å². The molecule has 1 atom stereocenters. The molecule has 1 unspecified atom stereocenters. The van der Waals surface area contributed by atoms with Crippen molar-refractivity contribution >= 4 is 29.9 Å². The monoisotopic (exact) mass is 516 g/mol. The van der Waals surface area contributed by atoms with Crippen molar-refractivity contribution in [3.8, 4) is 5.75 Å². The molecule has 1 aliphatic heterocycles. The number of aliphatic hydroxyl groups is 1. The van der Waals surface area contributed by atoms with Crippen LogP contribution in [0.4, 0.5) is 0 Å². The first-order valence-electron chi connectivity index (χ1n) is 10.8. The first kappa shape index (κ1) is 24.2. The Balaban J connectivity index is 0.00000300. The van der Waals surface area contributed by atoms with E-state index in [-0.39, 0.29) is 36.1 Å². The van der Waals surface area contributed by atoms with Crippen LogP contribution in [-0.2, 0) is 0 Å². The Hall–Kier alpha value is -1.06. The number of hydrogen-bond acceptors (Lipinski definition) is 4. The number of nitrogens with zero attached hydrogens (tertiary/aromatic N) is 2. The number of guanidine groups is 1. The van der Waals surface area contributed by atoms with Gasteiger partial charge in [0, 0.05) is 18.2 Å². The zero-order chi connectivity index (χ0) is 19.8. The van der Waals surface area contributed by atoms with Crippen LogP contribution >= 0.6 is 24.0 Å². The lowest BCUT2D eigenvalue weighted by molar-refractivity contribution is 0.120. The summed E-state index contributed by atoms with van der Waals surface area (Å²) in [5.74, 6) is 1.82. The standard InChI is InChI=1S/C22H36N4O2.HI/c1-3-23-22(25-17-10-12-18(27)13-11-17)24-16-20(26-14-6-7-15-26)19-8-4-5-9-21(19)28-2;/h4-5,8-9,17-18,20,27H,3,6-7,10-16H2,1-2H3,(H2,23,24,25);1H. The van der Waals surface area contributed by atoms with Gasteiger partial charge in [0.2, 0.25) is 0 Å². The van der Waals surface area contributed by atoms with Gasteiger partial charge >= 0.3 is 0 Å². The number of hydrogen-bond donors (Lipinski definition) is 3. The molecule has 0 radical (unpaired) electrons. The predicted molar refractivity (Wildman–Crippen MR) is 129 cm³/mol. The van der Waals surface area contributed by atoms with E-state index >= 15 is 0 Å². The van der Waals surface area contributed by atoms with Crippen molar-refractivity contribution in [1.29, 1.82) is 0 Å². The topological polar surface area (TPSA) is 69.1 Å². The van der Waals surface area contributed by atoms with Crippen molar-refractivity contribution in [3.05, 3.63) is 29.8 Å². The van der Waals surface area contributed by atoms with Crippen LogP contribution in [-0.4, -0.2) is 61.4 Å². The van der Waals surface area contributed by atoms with Crippen LogP contribution in [0.15, 0.2) is 29.3 Å². The Kier molecular flexibility index (Phi) is 10.5. The second-order valence-electron chi connectivity index (χ2n) is 7.87. The molecule has 164 valence electrons. The highest BCUT2D eigenvalue weighted by Gasteiger charge is 2.26. The van der Waals surface area contributed by atoms with Gasteiger partial charge in [-0.2, -0.15) is 0 Å². The molecule has 1 saturated heterocycles. The normalized spacial score (nSPS) is 23.9. The molecule has 3 N–H and O–H groups in total. The molecular formula is C22H37IN4O2. The zero-order valence-corrected chi connectivity index (χ0v) is 20.1. The SMILES string of the molecule is CCNC(=NCC(c1ccccc1OC)N1CCCC1)NC1CCC(O)CC1.I. The molecule has 0 bridgehead atoms. The van der Waals surface area contributed by atoms with E-state index < -0.39 is 0 Å². The first-order valence-corrected chi connectivity index (χ1v) is 10.8. The lowest BCUT2D eigenvalue weighted by Gasteiger charge is -2.30. The number of para-hydroxylation sites is 1. The highest BCUT2D eigenvalue weighted by molar-refractivity contribution is 14.0. The number of rotatable bonds is 7. The van der Waals surface area contributed by atoms with E-state index in [2.05, 4.69) is 34.6 Å². The van der Waals surface area contributed by atoms with Gasteiger partial charge in [-0.1, -0.05) is 18.2 Å². The predicted octanol–water partition coefficient (Wildman–Crippen LogP) is 3.31. The van der Waals surface area contributed by atoms with Crippen molar-refractivity contribution in [2.75, 3.05) is 33.3 Å². The summed E-state index contributed by atoms with van der Waals surface area (Å²) in [6.45, 7) is 5.86. The Labute approximate surface area is 192 Å². The maximum absolute atomic E-state index is 9.75. The molecular weight excluding hydrogens is 479 g/mol. The Morgan fingerprint density at radius 2 is 1.90 bits per heavy atom. The van der Waals surface area contributed by atoms with Crippen LogP contribution in [0.5, 0.6) is 5.75 Å². The number of ether oxygens (including phenoxy) is 1. The minimum Gasteiger partial charge on any atom is -0.496 e. The van der Waals surface area contributed by atoms with Gasteiger partial charge in [0.1, 0.15) is 5.75 Å². The van der Waals surface area contributed by atoms with E-state index in [9.17, 15) is 5.11 Å². The van der Waals surface area contributed by atoms with Gasteiger partial charge < -0.3 is 20.5 Å². The minimum atomic E-state index is -0.136. The number of benzene rings is 1. The molecule has 1 saturated carbocycles. The highest BCUT2D eigenvalue weighted by Crippen LogP contribution is 2.32. The van der Waals surface area contributed by atoms with Gasteiger partial charge in [-0.25, -0.2) is 0 Å². The van der Waals surface area contributed by atoms with Crippen LogP contribution in [0, 0.1) is 0 Å². The number of halogens is 1. The second-order valence-corrected chi connectivity index (χ2v) is 7.87. The molecule has 2 aliphatic rings. The Morgan fingerprint density at radius 3 is 2.55 bits per heavy atom. The quantitative estimate of drug-likeness (QED) is 0.295. The van der Waals surface area contributed by atoms with Crippen molar-refractivity contribution in [2.45, 2.75) is 63.6 Å². The Morgan fingerprint density at radius 1 is 1.21 bits per heavy atom. The molecule has 6 nitrogen and oxygen atoms in total. The second kappa shape index (κ2) is 12.6. The number of aliphatic hydroxyl groups excluding tert-OH is 1. The number of methoxy groups -OCH3 is 1. The fourth-order valence-electron chi connectivity index (χ4n) is 4.32. The van der Waals surface area contributed by atoms with E-state index in [1.807, 2.05) is 12.1 Å². The van der Waals surface area contributed by atoms with E-state index in [0.29, 0.717) is 12.6 Å². The summed E-state index contributed by atoms with van der Waals surface area (Å²) in [5.41, 5.74) is 1.22. The summed E-state index contributed by atoms with van der Waals surface area (Å²) in [6, 6.07) is 8.93. The molecule has 0 spiro atoms. The number of aliphatic imine (C=N–C) groups is 1. The third-order valence-electron chi connectivity index (χ3n) is 5.88. The van der Waals surface area contributed by atoms with Crippen molar-refractivity contribution in [1.82, 2.24) is 15.5 Å². The lowest BCUT2D eigenvalue weighted by atomic mass is 9.93. The van der Waals surface area contributed by atoms with Crippen LogP contribution in [0.1, 0.15) is 57.1 Å². The summed E-state index contributed by atoms with van der Waals surface area (Å²) in [4.78, 5) is 7.49. The van der Waals surface area contributed by atoms with Gasteiger partial charge in [0.25, 0.3) is 0 Å². The van der Waals surface area contributed by atoms with Crippen LogP contribution in [0.25, 0.3) is 0 Å². The van der Waals surface area contributed by atoms with Gasteiger partial charge in [-0.15, -0.1) is 24.0 Å². The maximum Gasteiger partial charge on any atom is 0.191 e. The molecule has 1 heterocycles. The molecule has 2 fully saturated rings. The van der Waals surface area contributed by atoms with E-state index in [4.69, 9.17) is 9.73 Å². The fraction of sp³-hybridized carbons (Fsp3) is 0.682. The van der Waals surface area contributed by atoms with Crippen molar-refractivity contribution < 1.29 is 9.84 Å². The molecule has 7 heteroatoms. The molecule has 1 aromatic carbocycles. The van der Waals surface area contributed by atoms with Crippen LogP contribution in [0.2, 0.25) is 0 Å². The third kappa shape index (κ3) is 7.00. The summed E-state index contributed by atoms with van der Waals surface area (Å²) >= 11 is 0. The summed E-state index contributed by atoms with van der Waals surface area (Å²) < 4.78 is 5.64. The first-order chi connectivity index (χ1) is 13.7. The molecule has 0 aromatic heterocycles. The zero-order valence-electron chi connectivity index (χ0n) is 17.8. The molecule has 3 rings (SSSR count). The fourth-order valence-corrected chi connectivity index (χ4v) is 4.32. The van der Waals surface area contributed by atoms with E-state index in [1.54, 1.807) is 7.11 Å². The molecule has 1 aromatic rings. The smallest absolute Gasteiger partial charge is 0.191 e. The van der Waals surface area contributed by atoms with Gasteiger partial charge in [-0.05, 0) is 64.6 Å². The number of likely N-dealkylation sites (tertiary alicyclic amines) is 1. The lowest BCUT2D eigenvalue weighted by Crippen LogP contribution is -2.45. The van der Waals surface area contributed by atoms with Gasteiger partial charge in [-0.3, -0.25) is 9.89 Å². The van der Waals surface area contributed by atoms with E-state index in [0.717, 1.165) is 57.0 Å². The average molecular weight is 516 g/mol. The van der Waals surface area contributed by atoms with E-state index in [1.165, 1.54) is 18.4 Å². The average Bonchev–Trinajstić information content (AvgIpc) is 3.25. The van der Waals surface area contributed by atoms with Crippen LogP contribution < -0.4 is 15.4 Å². The van der Waals surface area contributed by atoms with Crippen molar-refractivity contribution in [3.63, 3.8) is 0 Å². The summed E-state index contributed by atoms with van der Waals surface area (Å²) in [7, 11) is 1.74. The maximum atomic E-state index is 9.75. The number of nitrogens with one attached hydrogen (secondary N) is 2. The largest absolute Gasteiger partial charge is 0.496 e. The van der Waals surface area contributed by atoms with Gasteiger partial charge in [0.15, 0.2) is 5.96 Å². The van der Waals surface area contributed by atoms with Crippen molar-refractivity contribution in [2.24, 2.45) is 4.99 Å². The minimum absolute atomic E-state index is 0.